The third-order valence-electron chi connectivity index (χ3n) is 6.91. The van der Waals surface area contributed by atoms with E-state index in [1.807, 2.05) is 52.9 Å². The molecule has 2 aromatic heterocycles. The molecular weight excluding hydrogens is 398 g/mol. The van der Waals surface area contributed by atoms with Crippen LogP contribution in [0.15, 0.2) is 63.5 Å². The maximum Gasteiger partial charge on any atom is 0.247 e. The molecule has 0 unspecified atom stereocenters. The molecular formula is C22H23N5O2S. The highest BCUT2D eigenvalue weighted by atomic mass is 32.2. The van der Waals surface area contributed by atoms with E-state index in [0.29, 0.717) is 5.92 Å². The largest absolute Gasteiger partial charge is 0.453 e. The number of para-hydroxylation sites is 1. The van der Waals surface area contributed by atoms with Crippen molar-refractivity contribution in [1.29, 1.82) is 0 Å². The summed E-state index contributed by atoms with van der Waals surface area (Å²) in [5.74, 6) is 1.55. The van der Waals surface area contributed by atoms with Gasteiger partial charge in [0.05, 0.1) is 6.04 Å². The zero-order valence-electron chi connectivity index (χ0n) is 16.8. The molecule has 1 aromatic carbocycles. The summed E-state index contributed by atoms with van der Waals surface area (Å²) in [7, 11) is 1.92. The fourth-order valence-corrected chi connectivity index (χ4v) is 6.35. The molecule has 0 bridgehead atoms. The van der Waals surface area contributed by atoms with Gasteiger partial charge in [-0.3, -0.25) is 9.69 Å². The Balaban J connectivity index is 1.27. The van der Waals surface area contributed by atoms with Crippen molar-refractivity contribution in [3.8, 4) is 0 Å². The fraction of sp³-hybridized carbons (Fsp3) is 0.409. The number of carbonyl (C=O) groups excluding carboxylic acids is 1. The second-order valence-corrected chi connectivity index (χ2v) is 9.38. The summed E-state index contributed by atoms with van der Waals surface area (Å²) in [4.78, 5) is 18.1. The Bertz CT molecular complexity index is 1100. The van der Waals surface area contributed by atoms with Crippen LogP contribution in [-0.2, 0) is 11.8 Å². The van der Waals surface area contributed by atoms with Crippen LogP contribution >= 0.6 is 11.8 Å². The quantitative estimate of drug-likeness (QED) is 0.642. The van der Waals surface area contributed by atoms with Crippen molar-refractivity contribution in [2.45, 2.75) is 41.1 Å². The van der Waals surface area contributed by atoms with Crippen LogP contribution < -0.4 is 4.90 Å². The molecule has 1 amide bonds. The minimum Gasteiger partial charge on any atom is -0.453 e. The third kappa shape index (κ3) is 2.53. The summed E-state index contributed by atoms with van der Waals surface area (Å²) in [5, 5.41) is 9.65. The smallest absolute Gasteiger partial charge is 0.247 e. The number of hydrogen-bond acceptors (Lipinski definition) is 6. The van der Waals surface area contributed by atoms with Crippen molar-refractivity contribution in [2.75, 3.05) is 18.0 Å². The van der Waals surface area contributed by atoms with Gasteiger partial charge in [0.15, 0.2) is 10.2 Å². The van der Waals surface area contributed by atoms with E-state index in [0.717, 1.165) is 54.0 Å². The Morgan fingerprint density at radius 3 is 2.87 bits per heavy atom. The third-order valence-corrected chi connectivity index (χ3v) is 7.88. The second kappa shape index (κ2) is 6.72. The van der Waals surface area contributed by atoms with Gasteiger partial charge in [-0.15, -0.1) is 10.2 Å². The van der Waals surface area contributed by atoms with Crippen LogP contribution in [-0.4, -0.2) is 44.2 Å². The molecule has 0 N–H and O–H groups in total. The minimum absolute atomic E-state index is 0.160. The van der Waals surface area contributed by atoms with Crippen LogP contribution in [0.25, 0.3) is 0 Å². The number of aryl methyl sites for hydroxylation is 1. The van der Waals surface area contributed by atoms with Crippen molar-refractivity contribution >= 4 is 23.4 Å². The van der Waals surface area contributed by atoms with Crippen LogP contribution in [0.2, 0.25) is 0 Å². The summed E-state index contributed by atoms with van der Waals surface area (Å²) in [6.45, 7) is 1.74. The van der Waals surface area contributed by atoms with E-state index >= 15 is 0 Å². The molecule has 154 valence electrons. The van der Waals surface area contributed by atoms with Crippen LogP contribution in [0.5, 0.6) is 0 Å². The van der Waals surface area contributed by atoms with Crippen molar-refractivity contribution in [1.82, 2.24) is 19.7 Å². The van der Waals surface area contributed by atoms with E-state index in [9.17, 15) is 4.79 Å². The SMILES string of the molecule is Cn1cnnc1Sc1ccc([C@@H]2C[C@H]3CN(c4ccccc4)C(=O)[C@]34CCCN24)o1. The van der Waals surface area contributed by atoms with Gasteiger partial charge in [0.2, 0.25) is 5.91 Å². The summed E-state index contributed by atoms with van der Waals surface area (Å²) >= 11 is 1.47. The molecule has 0 radical (unpaired) electrons. The Kier molecular flexibility index (Phi) is 4.08. The van der Waals surface area contributed by atoms with Gasteiger partial charge in [0.25, 0.3) is 0 Å². The first-order valence-corrected chi connectivity index (χ1v) is 11.2. The molecule has 3 saturated heterocycles. The summed E-state index contributed by atoms with van der Waals surface area (Å²) < 4.78 is 8.10. The fourth-order valence-electron chi connectivity index (χ4n) is 5.62. The first kappa shape index (κ1) is 18.2. The Morgan fingerprint density at radius 1 is 1.20 bits per heavy atom. The lowest BCUT2D eigenvalue weighted by Gasteiger charge is -2.32. The van der Waals surface area contributed by atoms with Crippen molar-refractivity contribution < 1.29 is 9.21 Å². The molecule has 3 aliphatic heterocycles. The zero-order chi connectivity index (χ0) is 20.3. The average Bonchev–Trinajstić information content (AvgIpc) is 3.55. The van der Waals surface area contributed by atoms with Gasteiger partial charge < -0.3 is 13.9 Å². The molecule has 7 nitrogen and oxygen atoms in total. The number of aromatic nitrogens is 3. The van der Waals surface area contributed by atoms with E-state index in [1.54, 1.807) is 6.33 Å². The summed E-state index contributed by atoms with van der Waals surface area (Å²) in [5.41, 5.74) is 0.638. The molecule has 6 rings (SSSR count). The number of furan rings is 1. The molecule has 3 fully saturated rings. The lowest BCUT2D eigenvalue weighted by atomic mass is 9.85. The van der Waals surface area contributed by atoms with Crippen LogP contribution in [0.3, 0.4) is 0 Å². The van der Waals surface area contributed by atoms with E-state index in [2.05, 4.69) is 21.2 Å². The predicted octanol–water partition coefficient (Wildman–Crippen LogP) is 3.50. The molecule has 0 aliphatic carbocycles. The van der Waals surface area contributed by atoms with Gasteiger partial charge in [-0.25, -0.2) is 0 Å². The lowest BCUT2D eigenvalue weighted by molar-refractivity contribution is -0.126. The van der Waals surface area contributed by atoms with Crippen molar-refractivity contribution in [3.63, 3.8) is 0 Å². The predicted molar refractivity (Wildman–Crippen MR) is 112 cm³/mol. The van der Waals surface area contributed by atoms with Gasteiger partial charge in [0.1, 0.15) is 17.6 Å². The highest BCUT2D eigenvalue weighted by Gasteiger charge is 2.65. The highest BCUT2D eigenvalue weighted by molar-refractivity contribution is 7.99. The van der Waals surface area contributed by atoms with Crippen molar-refractivity contribution in [2.24, 2.45) is 13.0 Å². The van der Waals surface area contributed by atoms with E-state index < -0.39 is 0 Å². The van der Waals surface area contributed by atoms with E-state index in [1.165, 1.54) is 11.8 Å². The van der Waals surface area contributed by atoms with Crippen LogP contribution in [0.4, 0.5) is 5.69 Å². The molecule has 3 aromatic rings. The molecule has 8 heteroatoms. The van der Waals surface area contributed by atoms with E-state index in [-0.39, 0.29) is 17.5 Å². The zero-order valence-corrected chi connectivity index (χ0v) is 17.6. The summed E-state index contributed by atoms with van der Waals surface area (Å²) in [6.07, 6.45) is 4.64. The normalized spacial score (nSPS) is 28.3. The van der Waals surface area contributed by atoms with Gasteiger partial charge in [-0.05, 0) is 55.3 Å². The molecule has 3 atom stereocenters. The van der Waals surface area contributed by atoms with Gasteiger partial charge in [0, 0.05) is 31.7 Å². The Hall–Kier alpha value is -2.58. The van der Waals surface area contributed by atoms with Gasteiger partial charge >= 0.3 is 0 Å². The van der Waals surface area contributed by atoms with Crippen LogP contribution in [0.1, 0.15) is 31.1 Å². The summed E-state index contributed by atoms with van der Waals surface area (Å²) in [6, 6.07) is 14.3. The Morgan fingerprint density at radius 2 is 2.07 bits per heavy atom. The number of rotatable bonds is 4. The molecule has 3 aliphatic rings. The lowest BCUT2D eigenvalue weighted by Crippen LogP contribution is -2.49. The van der Waals surface area contributed by atoms with Crippen molar-refractivity contribution in [3.05, 3.63) is 54.6 Å². The van der Waals surface area contributed by atoms with E-state index in [4.69, 9.17) is 4.42 Å². The first-order chi connectivity index (χ1) is 14.7. The minimum atomic E-state index is -0.371. The monoisotopic (exact) mass is 421 g/mol. The number of nitrogens with zero attached hydrogens (tertiary/aromatic N) is 5. The second-order valence-electron chi connectivity index (χ2n) is 8.40. The number of amides is 1. The number of anilines is 1. The topological polar surface area (TPSA) is 67.4 Å². The number of carbonyl (C=O) groups is 1. The molecule has 1 spiro atoms. The highest BCUT2D eigenvalue weighted by Crippen LogP contribution is 2.56. The average molecular weight is 422 g/mol. The number of benzene rings is 1. The molecule has 30 heavy (non-hydrogen) atoms. The maximum absolute atomic E-state index is 13.7. The van der Waals surface area contributed by atoms with Crippen LogP contribution in [0, 0.1) is 5.92 Å². The van der Waals surface area contributed by atoms with Gasteiger partial charge in [-0.1, -0.05) is 18.2 Å². The van der Waals surface area contributed by atoms with Gasteiger partial charge in [-0.2, -0.15) is 0 Å². The molecule has 5 heterocycles. The first-order valence-electron chi connectivity index (χ1n) is 10.4. The standard InChI is InChI=1S/C22H23N5O2S/c1-25-14-23-24-21(25)30-19-9-8-18(29-19)17-12-15-13-26(16-6-3-2-4-7-16)20(28)22(15)10-5-11-27(17)22/h2-4,6-9,14-15,17H,5,10-13H2,1H3/t15-,17-,22-/m0/s1. The Labute approximate surface area is 179 Å². The molecule has 0 saturated carbocycles. The number of hydrogen-bond donors (Lipinski definition) is 0. The maximum atomic E-state index is 13.7.